The van der Waals surface area contributed by atoms with Gasteiger partial charge in [0.25, 0.3) is 0 Å². The van der Waals surface area contributed by atoms with Crippen molar-refractivity contribution in [1.29, 1.82) is 0 Å². The Morgan fingerprint density at radius 3 is 2.56 bits per heavy atom. The first kappa shape index (κ1) is 14.2. The number of rotatable bonds is 5. The Balaban J connectivity index is 2.78. The van der Waals surface area contributed by atoms with E-state index in [1.54, 1.807) is 26.0 Å². The fraction of sp³-hybridized carbons (Fsp3) is 0.429. The molecule has 1 N–H and O–H groups in total. The molecule has 0 aromatic heterocycles. The summed E-state index contributed by atoms with van der Waals surface area (Å²) in [5, 5.41) is 2.61. The lowest BCUT2D eigenvalue weighted by molar-refractivity contribution is -0.123. The molecule has 1 aromatic carbocycles. The highest BCUT2D eigenvalue weighted by molar-refractivity contribution is 6.01. The first-order chi connectivity index (χ1) is 8.45. The van der Waals surface area contributed by atoms with Crippen molar-refractivity contribution in [1.82, 2.24) is 5.32 Å². The lowest BCUT2D eigenvalue weighted by Gasteiger charge is -2.10. The average Bonchev–Trinajstić information content (AvgIpc) is 2.35. The second kappa shape index (κ2) is 6.19. The number of ether oxygens (including phenoxy) is 1. The van der Waals surface area contributed by atoms with Gasteiger partial charge in [0, 0.05) is 5.92 Å². The Morgan fingerprint density at radius 2 is 2.00 bits per heavy atom. The van der Waals surface area contributed by atoms with Crippen molar-refractivity contribution in [3.8, 4) is 5.75 Å². The predicted octanol–water partition coefficient (Wildman–Crippen LogP) is 1.96. The molecule has 0 radical (unpaired) electrons. The summed E-state index contributed by atoms with van der Waals surface area (Å²) in [4.78, 5) is 23.4. The molecule has 0 atom stereocenters. The number of nitrogens with one attached hydrogen (secondary N) is 1. The van der Waals surface area contributed by atoms with Crippen LogP contribution in [0.2, 0.25) is 0 Å². The molecule has 0 aliphatic carbocycles. The second-order valence-corrected chi connectivity index (χ2v) is 4.50. The van der Waals surface area contributed by atoms with Crippen LogP contribution in [0.3, 0.4) is 0 Å². The summed E-state index contributed by atoms with van der Waals surface area (Å²) in [6, 6.07) is 5.40. The molecule has 0 spiro atoms. The zero-order valence-corrected chi connectivity index (χ0v) is 11.2. The number of methoxy groups -OCH3 is 1. The molecule has 0 fully saturated rings. The predicted molar refractivity (Wildman–Crippen MR) is 69.9 cm³/mol. The van der Waals surface area contributed by atoms with E-state index in [0.29, 0.717) is 11.3 Å². The summed E-state index contributed by atoms with van der Waals surface area (Å²) < 4.78 is 5.14. The number of amides is 1. The number of ketones is 1. The minimum atomic E-state index is -0.149. The summed E-state index contributed by atoms with van der Waals surface area (Å²) in [6.45, 7) is 5.47. The van der Waals surface area contributed by atoms with Gasteiger partial charge in [-0.25, -0.2) is 0 Å². The van der Waals surface area contributed by atoms with E-state index >= 15 is 0 Å². The normalized spacial score (nSPS) is 10.3. The zero-order chi connectivity index (χ0) is 13.7. The van der Waals surface area contributed by atoms with E-state index in [1.165, 1.54) is 7.11 Å². The summed E-state index contributed by atoms with van der Waals surface area (Å²) in [7, 11) is 1.52. The van der Waals surface area contributed by atoms with Crippen LogP contribution < -0.4 is 10.1 Å². The van der Waals surface area contributed by atoms with Gasteiger partial charge in [-0.3, -0.25) is 9.59 Å². The fourth-order valence-corrected chi connectivity index (χ4v) is 1.51. The van der Waals surface area contributed by atoms with Gasteiger partial charge in [-0.1, -0.05) is 25.5 Å². The third-order valence-corrected chi connectivity index (χ3v) is 2.60. The molecule has 0 heterocycles. The van der Waals surface area contributed by atoms with Crippen LogP contribution >= 0.6 is 0 Å². The Labute approximate surface area is 107 Å². The lowest BCUT2D eigenvalue weighted by atomic mass is 10.1. The fourth-order valence-electron chi connectivity index (χ4n) is 1.51. The van der Waals surface area contributed by atoms with Crippen molar-refractivity contribution in [2.24, 2.45) is 5.92 Å². The third kappa shape index (κ3) is 3.58. The largest absolute Gasteiger partial charge is 0.496 e. The van der Waals surface area contributed by atoms with Gasteiger partial charge in [0.05, 0.1) is 19.2 Å². The smallest absolute Gasteiger partial charge is 0.222 e. The van der Waals surface area contributed by atoms with Gasteiger partial charge in [0.1, 0.15) is 5.75 Å². The lowest BCUT2D eigenvalue weighted by Crippen LogP contribution is -2.32. The van der Waals surface area contributed by atoms with Crippen molar-refractivity contribution < 1.29 is 14.3 Å². The number of hydrogen-bond acceptors (Lipinski definition) is 3. The van der Waals surface area contributed by atoms with Crippen molar-refractivity contribution in [2.75, 3.05) is 13.7 Å². The van der Waals surface area contributed by atoms with Crippen LogP contribution in [0.1, 0.15) is 29.8 Å². The maximum atomic E-state index is 12.0. The molecule has 0 saturated carbocycles. The van der Waals surface area contributed by atoms with Crippen molar-refractivity contribution in [3.63, 3.8) is 0 Å². The van der Waals surface area contributed by atoms with E-state index in [0.717, 1.165) is 5.56 Å². The number of Topliss-reactive ketones (excluding diaryl/α,β-unsaturated/α-hetero) is 1. The molecule has 0 unspecified atom stereocenters. The molecule has 0 aliphatic rings. The summed E-state index contributed by atoms with van der Waals surface area (Å²) >= 11 is 0. The summed E-state index contributed by atoms with van der Waals surface area (Å²) in [5.74, 6) is 0.126. The Morgan fingerprint density at radius 1 is 1.33 bits per heavy atom. The van der Waals surface area contributed by atoms with Crippen LogP contribution in [0, 0.1) is 12.8 Å². The molecular weight excluding hydrogens is 230 g/mol. The minimum Gasteiger partial charge on any atom is -0.496 e. The van der Waals surface area contributed by atoms with E-state index in [9.17, 15) is 9.59 Å². The first-order valence-corrected chi connectivity index (χ1v) is 5.91. The van der Waals surface area contributed by atoms with Crippen LogP contribution in [-0.2, 0) is 4.79 Å². The maximum absolute atomic E-state index is 12.0. The number of carbonyl (C=O) groups is 2. The quantitative estimate of drug-likeness (QED) is 0.812. The molecule has 4 heteroatoms. The molecule has 1 rings (SSSR count). The van der Waals surface area contributed by atoms with Crippen molar-refractivity contribution >= 4 is 11.7 Å². The van der Waals surface area contributed by atoms with Gasteiger partial charge >= 0.3 is 0 Å². The minimum absolute atomic E-state index is 0.00315. The van der Waals surface area contributed by atoms with Crippen LogP contribution in [0.25, 0.3) is 0 Å². The number of aryl methyl sites for hydroxylation is 1. The van der Waals surface area contributed by atoms with Gasteiger partial charge in [-0.15, -0.1) is 0 Å². The highest BCUT2D eigenvalue weighted by Gasteiger charge is 2.14. The SMILES string of the molecule is COc1ccc(C)cc1C(=O)CNC(=O)C(C)C. The van der Waals surface area contributed by atoms with E-state index in [-0.39, 0.29) is 24.2 Å². The van der Waals surface area contributed by atoms with Crippen molar-refractivity contribution in [3.05, 3.63) is 29.3 Å². The monoisotopic (exact) mass is 249 g/mol. The topological polar surface area (TPSA) is 55.4 Å². The number of benzene rings is 1. The van der Waals surface area contributed by atoms with Gasteiger partial charge in [-0.2, -0.15) is 0 Å². The average molecular weight is 249 g/mol. The number of carbonyl (C=O) groups excluding carboxylic acids is 2. The summed E-state index contributed by atoms with van der Waals surface area (Å²) in [6.07, 6.45) is 0. The molecule has 1 amide bonds. The molecule has 0 aliphatic heterocycles. The Bertz CT molecular complexity index is 452. The van der Waals surface area contributed by atoms with Crippen molar-refractivity contribution in [2.45, 2.75) is 20.8 Å². The molecule has 98 valence electrons. The molecule has 4 nitrogen and oxygen atoms in total. The standard InChI is InChI=1S/C14H19NO3/c1-9(2)14(17)15-8-12(16)11-7-10(3)5-6-13(11)18-4/h5-7,9H,8H2,1-4H3,(H,15,17). The van der Waals surface area contributed by atoms with Gasteiger partial charge in [-0.05, 0) is 19.1 Å². The molecular formula is C14H19NO3. The van der Waals surface area contributed by atoms with Gasteiger partial charge in [0.2, 0.25) is 5.91 Å². The molecule has 0 saturated heterocycles. The third-order valence-electron chi connectivity index (χ3n) is 2.60. The van der Waals surface area contributed by atoms with E-state index < -0.39 is 0 Å². The summed E-state index contributed by atoms with van der Waals surface area (Å²) in [5.41, 5.74) is 1.48. The first-order valence-electron chi connectivity index (χ1n) is 5.91. The number of hydrogen-bond donors (Lipinski definition) is 1. The molecule has 1 aromatic rings. The van der Waals surface area contributed by atoms with E-state index in [4.69, 9.17) is 4.74 Å². The molecule has 0 bridgehead atoms. The zero-order valence-electron chi connectivity index (χ0n) is 11.2. The molecule has 18 heavy (non-hydrogen) atoms. The van der Waals surface area contributed by atoms with E-state index in [2.05, 4.69) is 5.32 Å². The maximum Gasteiger partial charge on any atom is 0.222 e. The highest BCUT2D eigenvalue weighted by atomic mass is 16.5. The van der Waals surface area contributed by atoms with Gasteiger partial charge < -0.3 is 10.1 Å². The van der Waals surface area contributed by atoms with Crippen LogP contribution in [0.15, 0.2) is 18.2 Å². The van der Waals surface area contributed by atoms with Gasteiger partial charge in [0.15, 0.2) is 5.78 Å². The van der Waals surface area contributed by atoms with Crippen LogP contribution in [-0.4, -0.2) is 25.3 Å². The Kier molecular flexibility index (Phi) is 4.89. The second-order valence-electron chi connectivity index (χ2n) is 4.50. The van der Waals surface area contributed by atoms with E-state index in [1.807, 2.05) is 13.0 Å². The van der Waals surface area contributed by atoms with Crippen LogP contribution in [0.4, 0.5) is 0 Å². The highest BCUT2D eigenvalue weighted by Crippen LogP contribution is 2.19. The van der Waals surface area contributed by atoms with Crippen LogP contribution in [0.5, 0.6) is 5.75 Å². The Hall–Kier alpha value is -1.84.